The fourth-order valence-corrected chi connectivity index (χ4v) is 4.63. The predicted molar refractivity (Wildman–Crippen MR) is 131 cm³/mol. The van der Waals surface area contributed by atoms with Gasteiger partial charge in [0.25, 0.3) is 11.7 Å². The van der Waals surface area contributed by atoms with Crippen molar-refractivity contribution < 1.29 is 24.2 Å². The van der Waals surface area contributed by atoms with E-state index in [1.807, 2.05) is 38.1 Å². The first-order chi connectivity index (χ1) is 16.3. The van der Waals surface area contributed by atoms with Crippen LogP contribution < -0.4 is 4.74 Å². The zero-order valence-corrected chi connectivity index (χ0v) is 20.3. The molecule has 2 heterocycles. The molecule has 34 heavy (non-hydrogen) atoms. The van der Waals surface area contributed by atoms with Gasteiger partial charge in [-0.1, -0.05) is 43.7 Å². The Hall–Kier alpha value is -3.12. The maximum Gasteiger partial charge on any atom is 0.295 e. The number of Topliss-reactive ketones (excluding diaryl/α,β-unsaturated/α-hetero) is 1. The molecule has 0 saturated carbocycles. The number of hydrogen-bond donors (Lipinski definition) is 1. The van der Waals surface area contributed by atoms with Gasteiger partial charge in [0, 0.05) is 18.7 Å². The van der Waals surface area contributed by atoms with E-state index in [0.29, 0.717) is 31.2 Å². The van der Waals surface area contributed by atoms with Gasteiger partial charge >= 0.3 is 0 Å². The van der Waals surface area contributed by atoms with Crippen molar-refractivity contribution in [3.63, 3.8) is 0 Å². The maximum atomic E-state index is 13.2. The van der Waals surface area contributed by atoms with E-state index in [1.165, 1.54) is 0 Å². The molecule has 1 amide bonds. The molecule has 0 bridgehead atoms. The number of carbonyl (C=O) groups excluding carboxylic acids is 2. The van der Waals surface area contributed by atoms with Crippen LogP contribution in [0.4, 0.5) is 0 Å². The first-order valence-electron chi connectivity index (χ1n) is 12.0. The lowest BCUT2D eigenvalue weighted by Gasteiger charge is -2.27. The van der Waals surface area contributed by atoms with Crippen molar-refractivity contribution in [2.24, 2.45) is 5.92 Å². The second kappa shape index (κ2) is 10.0. The Labute approximate surface area is 201 Å². The summed E-state index contributed by atoms with van der Waals surface area (Å²) in [6, 6.07) is 12.4. The summed E-state index contributed by atoms with van der Waals surface area (Å²) in [6.07, 6.45) is 1.68. The zero-order valence-electron chi connectivity index (χ0n) is 20.3. The third-order valence-electron chi connectivity index (χ3n) is 6.34. The molecule has 6 heteroatoms. The summed E-state index contributed by atoms with van der Waals surface area (Å²) in [7, 11) is 0. The molecule has 2 aliphatic rings. The lowest BCUT2D eigenvalue weighted by atomic mass is 9.94. The van der Waals surface area contributed by atoms with Gasteiger partial charge in [-0.3, -0.25) is 9.59 Å². The third-order valence-corrected chi connectivity index (χ3v) is 6.34. The van der Waals surface area contributed by atoms with Crippen LogP contribution in [-0.4, -0.2) is 47.6 Å². The van der Waals surface area contributed by atoms with Crippen LogP contribution in [0.5, 0.6) is 5.75 Å². The Morgan fingerprint density at radius 2 is 1.97 bits per heavy atom. The van der Waals surface area contributed by atoms with E-state index in [-0.39, 0.29) is 17.4 Å². The lowest BCUT2D eigenvalue weighted by Crippen LogP contribution is -2.36. The van der Waals surface area contributed by atoms with E-state index in [4.69, 9.17) is 9.47 Å². The van der Waals surface area contributed by atoms with Crippen molar-refractivity contribution in [2.45, 2.75) is 52.7 Å². The Bertz CT molecular complexity index is 1110. The molecule has 2 aromatic rings. The Kier molecular flexibility index (Phi) is 7.08. The quantitative estimate of drug-likeness (QED) is 0.358. The normalized spacial score (nSPS) is 22.1. The van der Waals surface area contributed by atoms with E-state index in [9.17, 15) is 14.7 Å². The van der Waals surface area contributed by atoms with Gasteiger partial charge in [-0.15, -0.1) is 0 Å². The van der Waals surface area contributed by atoms with E-state index in [0.717, 1.165) is 35.3 Å². The molecule has 0 aromatic heterocycles. The van der Waals surface area contributed by atoms with Crippen LogP contribution in [0.15, 0.2) is 48.0 Å². The van der Waals surface area contributed by atoms with Gasteiger partial charge < -0.3 is 19.5 Å². The minimum atomic E-state index is -0.667. The van der Waals surface area contributed by atoms with E-state index >= 15 is 0 Å². The number of amides is 1. The number of likely N-dealkylation sites (tertiary alicyclic amines) is 1. The zero-order chi connectivity index (χ0) is 24.4. The number of aliphatic hydroxyl groups excluding tert-OH is 1. The number of hydrogen-bond acceptors (Lipinski definition) is 5. The smallest absolute Gasteiger partial charge is 0.295 e. The second-order valence-corrected chi connectivity index (χ2v) is 9.69. The molecule has 0 radical (unpaired) electrons. The van der Waals surface area contributed by atoms with Crippen molar-refractivity contribution in [3.8, 4) is 5.75 Å². The molecular weight excluding hydrogens is 430 g/mol. The SMILES string of the molecule is Cc1cccc(C2/C(=C(/O)c3ccc(OCC(C)C)c(C)c3)C(=O)C(=O)N2CC2CCCO2)c1. The average molecular weight is 464 g/mol. The van der Waals surface area contributed by atoms with Gasteiger partial charge in [-0.05, 0) is 61.9 Å². The number of benzene rings is 2. The van der Waals surface area contributed by atoms with Crippen molar-refractivity contribution in [3.05, 3.63) is 70.3 Å². The molecule has 2 unspecified atom stereocenters. The predicted octanol–water partition coefficient (Wildman–Crippen LogP) is 4.94. The molecule has 1 N–H and O–H groups in total. The largest absolute Gasteiger partial charge is 0.507 e. The summed E-state index contributed by atoms with van der Waals surface area (Å²) in [5.74, 6) is -0.309. The van der Waals surface area contributed by atoms with Gasteiger partial charge in [0.2, 0.25) is 0 Å². The molecule has 2 saturated heterocycles. The summed E-state index contributed by atoms with van der Waals surface area (Å²) in [4.78, 5) is 27.9. The molecular formula is C28H33NO5. The Morgan fingerprint density at radius 3 is 2.62 bits per heavy atom. The molecule has 6 nitrogen and oxygen atoms in total. The number of rotatable bonds is 7. The fourth-order valence-electron chi connectivity index (χ4n) is 4.63. The number of nitrogens with zero attached hydrogens (tertiary/aromatic N) is 1. The van der Waals surface area contributed by atoms with E-state index in [2.05, 4.69) is 13.8 Å². The van der Waals surface area contributed by atoms with Gasteiger partial charge in [0.1, 0.15) is 11.5 Å². The van der Waals surface area contributed by atoms with E-state index < -0.39 is 17.7 Å². The van der Waals surface area contributed by atoms with Crippen molar-refractivity contribution in [1.82, 2.24) is 4.90 Å². The molecule has 4 rings (SSSR count). The molecule has 2 fully saturated rings. The summed E-state index contributed by atoms with van der Waals surface area (Å²) < 4.78 is 11.6. The molecule has 2 aliphatic heterocycles. The molecule has 2 atom stereocenters. The number of ether oxygens (including phenoxy) is 2. The van der Waals surface area contributed by atoms with Crippen LogP contribution in [0.25, 0.3) is 5.76 Å². The standard InChI is InChI=1S/C28H33NO5/c1-17(2)16-34-23-11-10-21(14-19(23)4)26(30)24-25(20-8-5-7-18(3)13-20)29(28(32)27(24)31)15-22-9-6-12-33-22/h5,7-8,10-11,13-14,17,22,25,30H,6,9,12,15-16H2,1-4H3/b26-24-. The maximum absolute atomic E-state index is 13.2. The lowest BCUT2D eigenvalue weighted by molar-refractivity contribution is -0.140. The minimum absolute atomic E-state index is 0.106. The molecule has 0 aliphatic carbocycles. The minimum Gasteiger partial charge on any atom is -0.507 e. The second-order valence-electron chi connectivity index (χ2n) is 9.69. The Balaban J connectivity index is 1.76. The van der Waals surface area contributed by atoms with Crippen molar-refractivity contribution >= 4 is 17.4 Å². The van der Waals surface area contributed by atoms with Crippen molar-refractivity contribution in [1.29, 1.82) is 0 Å². The summed E-state index contributed by atoms with van der Waals surface area (Å²) in [5.41, 5.74) is 3.27. The number of ketones is 1. The molecule has 180 valence electrons. The summed E-state index contributed by atoms with van der Waals surface area (Å²) in [6.45, 7) is 9.60. The van der Waals surface area contributed by atoms with Crippen LogP contribution in [0.3, 0.4) is 0 Å². The van der Waals surface area contributed by atoms with Crippen LogP contribution in [-0.2, 0) is 14.3 Å². The fraction of sp³-hybridized carbons (Fsp3) is 0.429. The van der Waals surface area contributed by atoms with Gasteiger partial charge in [0.05, 0.1) is 24.3 Å². The Morgan fingerprint density at radius 1 is 1.18 bits per heavy atom. The van der Waals surface area contributed by atoms with Gasteiger partial charge in [0.15, 0.2) is 0 Å². The van der Waals surface area contributed by atoms with Crippen LogP contribution in [0.1, 0.15) is 55.0 Å². The van der Waals surface area contributed by atoms with Crippen LogP contribution in [0.2, 0.25) is 0 Å². The van der Waals surface area contributed by atoms with E-state index in [1.54, 1.807) is 23.1 Å². The average Bonchev–Trinajstić information content (AvgIpc) is 3.40. The highest BCUT2D eigenvalue weighted by atomic mass is 16.5. The monoisotopic (exact) mass is 463 g/mol. The van der Waals surface area contributed by atoms with Crippen molar-refractivity contribution in [2.75, 3.05) is 19.8 Å². The highest BCUT2D eigenvalue weighted by molar-refractivity contribution is 6.46. The van der Waals surface area contributed by atoms with Gasteiger partial charge in [-0.25, -0.2) is 0 Å². The number of aryl methyl sites for hydroxylation is 2. The molecule has 0 spiro atoms. The topological polar surface area (TPSA) is 76.1 Å². The van der Waals surface area contributed by atoms with Gasteiger partial charge in [-0.2, -0.15) is 0 Å². The first kappa shape index (κ1) is 24.0. The molecule has 2 aromatic carbocycles. The summed E-state index contributed by atoms with van der Waals surface area (Å²) >= 11 is 0. The number of aliphatic hydroxyl groups is 1. The highest BCUT2D eigenvalue weighted by Gasteiger charge is 2.47. The third kappa shape index (κ3) is 4.87. The first-order valence-corrected chi connectivity index (χ1v) is 12.0. The summed E-state index contributed by atoms with van der Waals surface area (Å²) in [5, 5.41) is 11.3. The highest BCUT2D eigenvalue weighted by Crippen LogP contribution is 2.40. The van der Waals surface area contributed by atoms with Crippen LogP contribution >= 0.6 is 0 Å². The number of carbonyl (C=O) groups is 2. The van der Waals surface area contributed by atoms with Crippen LogP contribution in [0, 0.1) is 19.8 Å².